The van der Waals surface area contributed by atoms with Crippen LogP contribution in [0.4, 0.5) is 0 Å². The number of rotatable bonds is 4. The molecule has 0 spiro atoms. The SMILES string of the molecule is CNC(c1cc(C)c(OC)c(C)c1)c1ccc(C)o1. The number of ether oxygens (including phenoxy) is 1. The highest BCUT2D eigenvalue weighted by Crippen LogP contribution is 2.30. The van der Waals surface area contributed by atoms with E-state index in [-0.39, 0.29) is 6.04 Å². The molecule has 1 heterocycles. The van der Waals surface area contributed by atoms with Gasteiger partial charge in [0.1, 0.15) is 17.3 Å². The van der Waals surface area contributed by atoms with Crippen molar-refractivity contribution in [2.24, 2.45) is 0 Å². The third kappa shape index (κ3) is 2.66. The molecule has 2 aromatic rings. The van der Waals surface area contributed by atoms with Gasteiger partial charge < -0.3 is 14.5 Å². The lowest BCUT2D eigenvalue weighted by molar-refractivity contribution is 0.407. The lowest BCUT2D eigenvalue weighted by atomic mass is 9.99. The van der Waals surface area contributed by atoms with Crippen LogP contribution in [0.15, 0.2) is 28.7 Å². The second kappa shape index (κ2) is 5.49. The smallest absolute Gasteiger partial charge is 0.125 e. The fourth-order valence-electron chi connectivity index (χ4n) is 2.55. The number of hydrogen-bond acceptors (Lipinski definition) is 3. The maximum Gasteiger partial charge on any atom is 0.125 e. The summed E-state index contributed by atoms with van der Waals surface area (Å²) in [7, 11) is 3.65. The zero-order valence-corrected chi connectivity index (χ0v) is 12.2. The van der Waals surface area contributed by atoms with Gasteiger partial charge in [-0.05, 0) is 56.6 Å². The average molecular weight is 259 g/mol. The first-order chi connectivity index (χ1) is 9.06. The van der Waals surface area contributed by atoms with E-state index in [1.807, 2.05) is 26.1 Å². The predicted molar refractivity (Wildman–Crippen MR) is 76.8 cm³/mol. The van der Waals surface area contributed by atoms with Crippen molar-refractivity contribution in [2.75, 3.05) is 14.2 Å². The Morgan fingerprint density at radius 3 is 2.16 bits per heavy atom. The normalized spacial score (nSPS) is 12.5. The van der Waals surface area contributed by atoms with Gasteiger partial charge in [0.25, 0.3) is 0 Å². The molecule has 1 aromatic heterocycles. The van der Waals surface area contributed by atoms with Crippen LogP contribution in [0.1, 0.15) is 34.3 Å². The Hall–Kier alpha value is -1.74. The van der Waals surface area contributed by atoms with Crippen molar-refractivity contribution in [3.63, 3.8) is 0 Å². The first kappa shape index (κ1) is 13.7. The Kier molecular flexibility index (Phi) is 3.96. The van der Waals surface area contributed by atoms with E-state index >= 15 is 0 Å². The molecule has 0 radical (unpaired) electrons. The minimum Gasteiger partial charge on any atom is -0.496 e. The van der Waals surface area contributed by atoms with E-state index in [9.17, 15) is 0 Å². The third-order valence-electron chi connectivity index (χ3n) is 3.35. The predicted octanol–water partition coefficient (Wildman–Crippen LogP) is 3.52. The van der Waals surface area contributed by atoms with Gasteiger partial charge in [0, 0.05) is 0 Å². The molecule has 0 aliphatic carbocycles. The highest BCUT2D eigenvalue weighted by Gasteiger charge is 2.17. The summed E-state index contributed by atoms with van der Waals surface area (Å²) >= 11 is 0. The van der Waals surface area contributed by atoms with Crippen LogP contribution < -0.4 is 10.1 Å². The lowest BCUT2D eigenvalue weighted by Crippen LogP contribution is -2.17. The first-order valence-corrected chi connectivity index (χ1v) is 6.45. The van der Waals surface area contributed by atoms with E-state index in [0.717, 1.165) is 28.4 Å². The fourth-order valence-corrected chi connectivity index (χ4v) is 2.55. The molecule has 0 saturated heterocycles. The van der Waals surface area contributed by atoms with Crippen molar-refractivity contribution in [1.29, 1.82) is 0 Å². The molecule has 1 atom stereocenters. The summed E-state index contributed by atoms with van der Waals surface area (Å²) in [5, 5.41) is 3.31. The largest absolute Gasteiger partial charge is 0.496 e. The maximum atomic E-state index is 5.73. The number of aryl methyl sites for hydroxylation is 3. The molecule has 2 rings (SSSR count). The number of hydrogen-bond donors (Lipinski definition) is 1. The summed E-state index contributed by atoms with van der Waals surface area (Å²) in [5.41, 5.74) is 3.47. The fraction of sp³-hybridized carbons (Fsp3) is 0.375. The van der Waals surface area contributed by atoms with Gasteiger partial charge in [-0.1, -0.05) is 12.1 Å². The number of furan rings is 1. The van der Waals surface area contributed by atoms with Crippen molar-refractivity contribution in [3.8, 4) is 5.75 Å². The highest BCUT2D eigenvalue weighted by atomic mass is 16.5. The van der Waals surface area contributed by atoms with Crippen molar-refractivity contribution in [2.45, 2.75) is 26.8 Å². The molecule has 0 amide bonds. The Morgan fingerprint density at radius 2 is 1.74 bits per heavy atom. The Balaban J connectivity index is 2.44. The average Bonchev–Trinajstić information content (AvgIpc) is 2.76. The molecule has 1 aromatic carbocycles. The van der Waals surface area contributed by atoms with Gasteiger partial charge >= 0.3 is 0 Å². The van der Waals surface area contributed by atoms with Gasteiger partial charge in [0.2, 0.25) is 0 Å². The van der Waals surface area contributed by atoms with Gasteiger partial charge in [-0.15, -0.1) is 0 Å². The molecular formula is C16H21NO2. The van der Waals surface area contributed by atoms with Crippen molar-refractivity contribution in [3.05, 3.63) is 52.5 Å². The molecule has 102 valence electrons. The molecule has 19 heavy (non-hydrogen) atoms. The van der Waals surface area contributed by atoms with E-state index in [1.165, 1.54) is 5.56 Å². The van der Waals surface area contributed by atoms with E-state index in [1.54, 1.807) is 7.11 Å². The molecule has 3 heteroatoms. The van der Waals surface area contributed by atoms with E-state index in [0.29, 0.717) is 0 Å². The van der Waals surface area contributed by atoms with Crippen LogP contribution in [-0.2, 0) is 0 Å². The molecule has 0 aliphatic rings. The van der Waals surface area contributed by atoms with Crippen LogP contribution in [-0.4, -0.2) is 14.2 Å². The van der Waals surface area contributed by atoms with Crippen LogP contribution in [0.25, 0.3) is 0 Å². The summed E-state index contributed by atoms with van der Waals surface area (Å²) in [6.45, 7) is 6.09. The van der Waals surface area contributed by atoms with E-state index in [4.69, 9.17) is 9.15 Å². The second-order valence-corrected chi connectivity index (χ2v) is 4.86. The molecule has 3 nitrogen and oxygen atoms in total. The minimum absolute atomic E-state index is 0.0667. The molecule has 1 N–H and O–H groups in total. The van der Waals surface area contributed by atoms with Gasteiger partial charge in [0.15, 0.2) is 0 Å². The number of nitrogens with one attached hydrogen (secondary N) is 1. The summed E-state index contributed by atoms with van der Waals surface area (Å²) in [6, 6.07) is 8.36. The molecule has 0 bridgehead atoms. The van der Waals surface area contributed by atoms with Crippen LogP contribution >= 0.6 is 0 Å². The second-order valence-electron chi connectivity index (χ2n) is 4.86. The van der Waals surface area contributed by atoms with Crippen LogP contribution in [0.2, 0.25) is 0 Å². The monoisotopic (exact) mass is 259 g/mol. The third-order valence-corrected chi connectivity index (χ3v) is 3.35. The Labute approximate surface area is 114 Å². The standard InChI is InChI=1S/C16H21NO2/c1-10-8-13(9-11(2)16(10)18-5)15(17-4)14-7-6-12(3)19-14/h6-9,15,17H,1-5H3. The van der Waals surface area contributed by atoms with Gasteiger partial charge in [-0.25, -0.2) is 0 Å². The molecular weight excluding hydrogens is 238 g/mol. The van der Waals surface area contributed by atoms with Crippen LogP contribution in [0.3, 0.4) is 0 Å². The number of methoxy groups -OCH3 is 1. The molecule has 0 aliphatic heterocycles. The van der Waals surface area contributed by atoms with Crippen LogP contribution in [0.5, 0.6) is 5.75 Å². The molecule has 0 saturated carbocycles. The summed E-state index contributed by atoms with van der Waals surface area (Å²) in [5.74, 6) is 2.82. The highest BCUT2D eigenvalue weighted by molar-refractivity contribution is 5.45. The minimum atomic E-state index is 0.0667. The Morgan fingerprint density at radius 1 is 1.11 bits per heavy atom. The zero-order valence-electron chi connectivity index (χ0n) is 12.2. The van der Waals surface area contributed by atoms with Gasteiger partial charge in [-0.2, -0.15) is 0 Å². The quantitative estimate of drug-likeness (QED) is 0.912. The summed E-state index contributed by atoms with van der Waals surface area (Å²) < 4.78 is 11.1. The molecule has 1 unspecified atom stereocenters. The van der Waals surface area contributed by atoms with E-state index < -0.39 is 0 Å². The Bertz CT molecular complexity index is 549. The van der Waals surface area contributed by atoms with Crippen LogP contribution in [0, 0.1) is 20.8 Å². The first-order valence-electron chi connectivity index (χ1n) is 6.45. The van der Waals surface area contributed by atoms with Gasteiger partial charge in [0.05, 0.1) is 13.2 Å². The van der Waals surface area contributed by atoms with Crippen molar-refractivity contribution in [1.82, 2.24) is 5.32 Å². The zero-order chi connectivity index (χ0) is 14.0. The summed E-state index contributed by atoms with van der Waals surface area (Å²) in [6.07, 6.45) is 0. The lowest BCUT2D eigenvalue weighted by Gasteiger charge is -2.18. The number of benzene rings is 1. The van der Waals surface area contributed by atoms with Crippen molar-refractivity contribution < 1.29 is 9.15 Å². The van der Waals surface area contributed by atoms with Gasteiger partial charge in [-0.3, -0.25) is 0 Å². The molecule has 0 fully saturated rings. The van der Waals surface area contributed by atoms with Crippen molar-refractivity contribution >= 4 is 0 Å². The van der Waals surface area contributed by atoms with E-state index in [2.05, 4.69) is 31.3 Å². The summed E-state index contributed by atoms with van der Waals surface area (Å²) in [4.78, 5) is 0. The topological polar surface area (TPSA) is 34.4 Å². The maximum absolute atomic E-state index is 5.73.